The number of amides is 1. The van der Waals surface area contributed by atoms with Crippen LogP contribution in [0.4, 0.5) is 0 Å². The molecule has 0 aliphatic heterocycles. The molecular weight excluding hydrogens is 834 g/mol. The molecule has 0 saturated carbocycles. The van der Waals surface area contributed by atoms with Crippen molar-refractivity contribution in [2.75, 3.05) is 26.4 Å². The molecule has 0 fully saturated rings. The van der Waals surface area contributed by atoms with E-state index >= 15 is 0 Å². The summed E-state index contributed by atoms with van der Waals surface area (Å²) < 4.78 is 27.0. The summed E-state index contributed by atoms with van der Waals surface area (Å²) in [5.41, 5.74) is 0. The highest BCUT2D eigenvalue weighted by molar-refractivity contribution is 7.47. The predicted molar refractivity (Wildman–Crippen MR) is 275 cm³/mol. The minimum absolute atomic E-state index is 0.0813. The fourth-order valence-corrected chi connectivity index (χ4v) is 8.23. The first kappa shape index (κ1) is 62.7. The number of allylic oxidation sites excluding steroid dienone is 10. The van der Waals surface area contributed by atoms with Crippen molar-refractivity contribution in [3.8, 4) is 0 Å². The molecule has 0 aromatic heterocycles. The highest BCUT2D eigenvalue weighted by atomic mass is 31.2. The number of aliphatic hydroxyl groups is 1. The van der Waals surface area contributed by atoms with Gasteiger partial charge in [-0.15, -0.1) is 0 Å². The van der Waals surface area contributed by atoms with Gasteiger partial charge in [-0.05, 0) is 57.8 Å². The zero-order chi connectivity index (χ0) is 47.4. The van der Waals surface area contributed by atoms with Crippen LogP contribution >= 0.6 is 7.82 Å². The Labute approximate surface area is 399 Å². The highest BCUT2D eigenvalue weighted by Crippen LogP contribution is 2.42. The van der Waals surface area contributed by atoms with Crippen molar-refractivity contribution in [2.24, 2.45) is 0 Å². The van der Waals surface area contributed by atoms with Crippen LogP contribution in [0.3, 0.4) is 0 Å². The number of carbonyl (C=O) groups excluding carboxylic acids is 2. The first-order valence-electron chi connectivity index (χ1n) is 26.8. The van der Waals surface area contributed by atoms with Crippen molar-refractivity contribution in [2.45, 2.75) is 251 Å². The van der Waals surface area contributed by atoms with Gasteiger partial charge in [0.2, 0.25) is 5.91 Å². The second kappa shape index (κ2) is 51.1. The Morgan fingerprint density at radius 2 is 0.877 bits per heavy atom. The van der Waals surface area contributed by atoms with E-state index in [0.717, 1.165) is 83.5 Å². The molecule has 0 rings (SSSR count). The van der Waals surface area contributed by atoms with Crippen LogP contribution in [0.5, 0.6) is 0 Å². The molecule has 9 nitrogen and oxygen atoms in total. The van der Waals surface area contributed by atoms with Crippen molar-refractivity contribution < 1.29 is 37.9 Å². The number of esters is 1. The number of hydrogen-bond acceptors (Lipinski definition) is 7. The third-order valence-corrected chi connectivity index (χ3v) is 12.4. The van der Waals surface area contributed by atoms with Gasteiger partial charge in [-0.25, -0.2) is 4.57 Å². The lowest BCUT2D eigenvalue weighted by molar-refractivity contribution is -0.147. The maximum absolute atomic E-state index is 12.2. The molecule has 2 atom stereocenters. The number of aliphatic hydroxyl groups excluding tert-OH is 1. The Balaban J connectivity index is 3.57. The number of hydrogen-bond donors (Lipinski definition) is 3. The summed E-state index contributed by atoms with van der Waals surface area (Å²) >= 11 is 0. The predicted octanol–water partition coefficient (Wildman–Crippen LogP) is 16.0. The lowest BCUT2D eigenvalue weighted by Gasteiger charge is -2.15. The number of carbonyl (C=O) groups is 2. The molecule has 1 amide bonds. The number of phosphoric ester groups is 1. The largest absolute Gasteiger partial charge is 0.472 e. The fraction of sp³-hybridized carbons (Fsp3) is 0.782. The van der Waals surface area contributed by atoms with Crippen LogP contribution in [-0.2, 0) is 27.9 Å². The maximum Gasteiger partial charge on any atom is 0.472 e. The second-order valence-electron chi connectivity index (χ2n) is 17.8. The van der Waals surface area contributed by atoms with Gasteiger partial charge >= 0.3 is 13.8 Å². The summed E-state index contributed by atoms with van der Waals surface area (Å²) in [6.07, 6.45) is 63.0. The van der Waals surface area contributed by atoms with Gasteiger partial charge in [-0.2, -0.15) is 0 Å². The molecule has 2 unspecified atom stereocenters. The van der Waals surface area contributed by atoms with Crippen molar-refractivity contribution in [3.05, 3.63) is 60.8 Å². The summed E-state index contributed by atoms with van der Waals surface area (Å²) in [5, 5.41) is 12.8. The quantitative estimate of drug-likeness (QED) is 0.0238. The van der Waals surface area contributed by atoms with Crippen molar-refractivity contribution in [1.29, 1.82) is 0 Å². The number of unbranched alkanes of at least 4 members (excludes halogenated alkanes) is 27. The number of phosphoric acid groups is 1. The van der Waals surface area contributed by atoms with Gasteiger partial charge in [0.25, 0.3) is 0 Å². The average molecular weight is 934 g/mol. The van der Waals surface area contributed by atoms with E-state index in [0.29, 0.717) is 6.42 Å². The average Bonchev–Trinajstić information content (AvgIpc) is 3.29. The first-order chi connectivity index (χ1) is 31.8. The summed E-state index contributed by atoms with van der Waals surface area (Å²) in [4.78, 5) is 34.1. The molecule has 0 heterocycles. The van der Waals surface area contributed by atoms with Crippen LogP contribution in [0.1, 0.15) is 245 Å². The molecule has 0 aliphatic carbocycles. The summed E-state index contributed by atoms with van der Waals surface area (Å²) in [6.45, 7) is 3.47. The van der Waals surface area contributed by atoms with Crippen LogP contribution in [-0.4, -0.2) is 54.3 Å². The molecule has 3 N–H and O–H groups in total. The Morgan fingerprint density at radius 1 is 0.492 bits per heavy atom. The molecule has 0 aromatic carbocycles. The van der Waals surface area contributed by atoms with E-state index in [1.807, 2.05) is 0 Å². The molecule has 10 heteroatoms. The van der Waals surface area contributed by atoms with Crippen molar-refractivity contribution in [1.82, 2.24) is 5.32 Å². The minimum Gasteiger partial charge on any atom is -0.463 e. The molecule has 0 radical (unpaired) electrons. The standard InChI is InChI=1S/C55H100NO8P/c1-3-5-7-9-11-13-15-17-19-21-23-25-26-28-30-32-34-36-38-40-42-44-46-48-55(59)62-51-53(57)52-64-65(60,61)63-50-49-56-54(58)47-45-43-41-39-37-35-33-31-29-27-24-22-20-18-16-14-12-10-8-6-4-2/h5,7,11,13,17,19,23,25,28,30,53,57H,3-4,6,8-10,12,14-16,18,20-22,24,26-27,29,31-52H2,1-2H3,(H,56,58)(H,60,61)/b7-5-,13-11-,19-17-,25-23-,30-28-. The van der Waals surface area contributed by atoms with E-state index in [2.05, 4.69) is 79.9 Å². The Hall–Kier alpha value is -2.29. The molecule has 0 saturated heterocycles. The zero-order valence-corrected chi connectivity index (χ0v) is 42.8. The van der Waals surface area contributed by atoms with E-state index in [-0.39, 0.29) is 32.1 Å². The lowest BCUT2D eigenvalue weighted by Crippen LogP contribution is -2.27. The molecule has 65 heavy (non-hydrogen) atoms. The molecule has 378 valence electrons. The Morgan fingerprint density at radius 3 is 1.32 bits per heavy atom. The topological polar surface area (TPSA) is 131 Å². The normalized spacial score (nSPS) is 13.6. The van der Waals surface area contributed by atoms with Crippen molar-refractivity contribution >= 4 is 19.7 Å². The van der Waals surface area contributed by atoms with Gasteiger partial charge < -0.3 is 20.1 Å². The number of rotatable bonds is 50. The molecule has 0 bridgehead atoms. The number of ether oxygens (including phenoxy) is 1. The van der Waals surface area contributed by atoms with Gasteiger partial charge in [-0.3, -0.25) is 18.6 Å². The molecule has 0 aliphatic rings. The van der Waals surface area contributed by atoms with E-state index in [1.165, 1.54) is 135 Å². The highest BCUT2D eigenvalue weighted by Gasteiger charge is 2.23. The zero-order valence-electron chi connectivity index (χ0n) is 41.9. The van der Waals surface area contributed by atoms with Gasteiger partial charge in [0, 0.05) is 19.4 Å². The first-order valence-corrected chi connectivity index (χ1v) is 28.3. The van der Waals surface area contributed by atoms with E-state index in [4.69, 9.17) is 13.8 Å². The van der Waals surface area contributed by atoms with E-state index in [1.54, 1.807) is 0 Å². The van der Waals surface area contributed by atoms with Crippen LogP contribution in [0.15, 0.2) is 60.8 Å². The van der Waals surface area contributed by atoms with E-state index in [9.17, 15) is 24.2 Å². The summed E-state index contributed by atoms with van der Waals surface area (Å²) in [5.74, 6) is -0.521. The lowest BCUT2D eigenvalue weighted by atomic mass is 10.0. The smallest absolute Gasteiger partial charge is 0.463 e. The van der Waals surface area contributed by atoms with Crippen LogP contribution in [0.2, 0.25) is 0 Å². The van der Waals surface area contributed by atoms with Crippen LogP contribution < -0.4 is 5.32 Å². The van der Waals surface area contributed by atoms with Crippen LogP contribution in [0, 0.1) is 0 Å². The van der Waals surface area contributed by atoms with Gasteiger partial charge in [0.1, 0.15) is 12.7 Å². The molecule has 0 aromatic rings. The Bertz CT molecular complexity index is 1250. The van der Waals surface area contributed by atoms with E-state index < -0.39 is 26.5 Å². The monoisotopic (exact) mass is 934 g/mol. The third-order valence-electron chi connectivity index (χ3n) is 11.5. The third kappa shape index (κ3) is 52.5. The summed E-state index contributed by atoms with van der Waals surface area (Å²) in [6, 6.07) is 0. The second-order valence-corrected chi connectivity index (χ2v) is 19.3. The fourth-order valence-electron chi connectivity index (χ4n) is 7.47. The molecule has 0 spiro atoms. The minimum atomic E-state index is -4.43. The van der Waals surface area contributed by atoms with Gasteiger partial charge in [0.05, 0.1) is 13.2 Å². The van der Waals surface area contributed by atoms with Gasteiger partial charge in [0.15, 0.2) is 0 Å². The maximum atomic E-state index is 12.2. The number of nitrogens with one attached hydrogen (secondary N) is 1. The van der Waals surface area contributed by atoms with Crippen LogP contribution in [0.25, 0.3) is 0 Å². The van der Waals surface area contributed by atoms with Gasteiger partial charge in [-0.1, -0.05) is 235 Å². The summed E-state index contributed by atoms with van der Waals surface area (Å²) in [7, 11) is -4.43. The SMILES string of the molecule is CC/C=C\C/C=C\C/C=C\C/C=C\C/C=C\CCCCCCCCCC(=O)OCC(O)COP(=O)(O)OCCNC(=O)CCCCCCCCCCCCCCCCCCCCCCC. The van der Waals surface area contributed by atoms with Crippen molar-refractivity contribution in [3.63, 3.8) is 0 Å². The molecular formula is C55H100NO8P. The Kier molecular flexibility index (Phi) is 49.3.